The van der Waals surface area contributed by atoms with Gasteiger partial charge in [0.2, 0.25) is 5.91 Å². The Bertz CT molecular complexity index is 1320. The van der Waals surface area contributed by atoms with Crippen molar-refractivity contribution in [2.24, 2.45) is 5.92 Å². The molecule has 0 spiro atoms. The van der Waals surface area contributed by atoms with E-state index in [9.17, 15) is 27.1 Å². The van der Waals surface area contributed by atoms with E-state index in [0.717, 1.165) is 4.09 Å². The fourth-order valence-electron chi connectivity index (χ4n) is 3.58. The molecular formula is C20H19F2N5O4S. The lowest BCUT2D eigenvalue weighted by molar-refractivity contribution is -0.136. The number of hydrogen-bond acceptors (Lipinski definition) is 6. The van der Waals surface area contributed by atoms with E-state index in [1.807, 2.05) is 0 Å². The highest BCUT2D eigenvalue weighted by molar-refractivity contribution is 7.89. The maximum atomic E-state index is 13.0. The Labute approximate surface area is 181 Å². The molecule has 1 aromatic carbocycles. The third-order valence-corrected chi connectivity index (χ3v) is 6.89. The Morgan fingerprint density at radius 1 is 1.31 bits per heavy atom. The highest BCUT2D eigenvalue weighted by Gasteiger charge is 2.33. The van der Waals surface area contributed by atoms with Crippen LogP contribution in [-0.2, 0) is 27.9 Å². The van der Waals surface area contributed by atoms with Gasteiger partial charge < -0.3 is 10.0 Å². The van der Waals surface area contributed by atoms with Crippen molar-refractivity contribution in [3.05, 3.63) is 66.7 Å². The number of amides is 1. The van der Waals surface area contributed by atoms with Gasteiger partial charge in [0.05, 0.1) is 41.4 Å². The lowest BCUT2D eigenvalue weighted by Gasteiger charge is -2.22. The maximum absolute atomic E-state index is 13.0. The van der Waals surface area contributed by atoms with Crippen LogP contribution in [0.25, 0.3) is 10.9 Å². The van der Waals surface area contributed by atoms with Crippen molar-refractivity contribution >= 4 is 26.8 Å². The minimum absolute atomic E-state index is 0.0812. The van der Waals surface area contributed by atoms with Crippen LogP contribution >= 0.6 is 0 Å². The summed E-state index contributed by atoms with van der Waals surface area (Å²) in [7, 11) is -4.09. The first-order chi connectivity index (χ1) is 15.2. The van der Waals surface area contributed by atoms with Crippen LogP contribution in [0.3, 0.4) is 0 Å². The van der Waals surface area contributed by atoms with Crippen molar-refractivity contribution in [2.75, 3.05) is 6.61 Å². The number of carbonyl (C=O) groups is 1. The Morgan fingerprint density at radius 3 is 2.69 bits per heavy atom. The van der Waals surface area contributed by atoms with Gasteiger partial charge in [0.15, 0.2) is 0 Å². The average Bonchev–Trinajstić information content (AvgIpc) is 3.46. The molecule has 1 aliphatic rings. The van der Waals surface area contributed by atoms with Gasteiger partial charge in [-0.2, -0.15) is 31.5 Å². The van der Waals surface area contributed by atoms with Gasteiger partial charge in [-0.15, -0.1) is 0 Å². The summed E-state index contributed by atoms with van der Waals surface area (Å²) in [4.78, 5) is 14.0. The summed E-state index contributed by atoms with van der Waals surface area (Å²) in [6.45, 7) is 4.22. The molecule has 0 saturated heterocycles. The quantitative estimate of drug-likeness (QED) is 0.537. The molecule has 0 saturated carbocycles. The Balaban J connectivity index is 1.58. The third kappa shape index (κ3) is 3.50. The van der Waals surface area contributed by atoms with Crippen LogP contribution in [0.15, 0.2) is 60.3 Å². The highest BCUT2D eigenvalue weighted by Crippen LogP contribution is 2.28. The molecule has 9 nitrogen and oxygen atoms in total. The molecule has 4 rings (SSSR count). The van der Waals surface area contributed by atoms with E-state index in [0.29, 0.717) is 21.5 Å². The Hall–Kier alpha value is -3.38. The molecule has 0 aliphatic carbocycles. The molecule has 0 fully saturated rings. The van der Waals surface area contributed by atoms with Crippen LogP contribution in [0, 0.1) is 5.92 Å². The summed E-state index contributed by atoms with van der Waals surface area (Å²) in [6, 6.07) is 3.74. The van der Waals surface area contributed by atoms with Gasteiger partial charge in [0.1, 0.15) is 0 Å². The number of benzene rings is 1. The highest BCUT2D eigenvalue weighted by atomic mass is 32.2. The van der Waals surface area contributed by atoms with Crippen LogP contribution in [0.1, 0.15) is 17.8 Å². The second-order valence-corrected chi connectivity index (χ2v) is 9.07. The van der Waals surface area contributed by atoms with Crippen molar-refractivity contribution in [3.63, 3.8) is 0 Å². The summed E-state index contributed by atoms with van der Waals surface area (Å²) in [6.07, 6.45) is 3.89. The molecule has 1 aliphatic heterocycles. The zero-order valence-electron chi connectivity index (χ0n) is 16.7. The molecule has 1 N–H and O–H groups in total. The van der Waals surface area contributed by atoms with E-state index < -0.39 is 29.1 Å². The van der Waals surface area contributed by atoms with Crippen molar-refractivity contribution in [1.82, 2.24) is 23.9 Å². The van der Waals surface area contributed by atoms with Crippen LogP contribution in [0.4, 0.5) is 8.78 Å². The summed E-state index contributed by atoms with van der Waals surface area (Å²) in [5.41, 5.74) is 1.46. The largest absolute Gasteiger partial charge is 0.395 e. The number of alkyl halides is 2. The number of halogens is 2. The van der Waals surface area contributed by atoms with E-state index in [4.69, 9.17) is 0 Å². The van der Waals surface area contributed by atoms with Gasteiger partial charge >= 0.3 is 6.55 Å². The normalized spacial score (nSPS) is 14.7. The smallest absolute Gasteiger partial charge is 0.333 e. The standard InChI is InChI=1S/C20H19F2N5O4S/c1-3-12(2)16(11-28)19(29)25-8-14-9-26(24-17(14)10-25)32(30,31)15-4-5-18-13(6-15)7-23-27(18)20(21)22/h3-7,9,16,20,28H,1-2,8,10-11H2/t16-/m1/s1. The van der Waals surface area contributed by atoms with Crippen LogP contribution in [0.2, 0.25) is 0 Å². The molecule has 2 aromatic heterocycles. The van der Waals surface area contributed by atoms with E-state index >= 15 is 0 Å². The number of rotatable bonds is 7. The number of nitrogens with zero attached hydrogens (tertiary/aromatic N) is 5. The van der Waals surface area contributed by atoms with E-state index in [1.165, 1.54) is 41.6 Å². The van der Waals surface area contributed by atoms with Gasteiger partial charge in [0, 0.05) is 23.7 Å². The molecule has 0 unspecified atom stereocenters. The molecule has 0 radical (unpaired) electrons. The fourth-order valence-corrected chi connectivity index (χ4v) is 4.78. The minimum Gasteiger partial charge on any atom is -0.395 e. The molecule has 168 valence electrons. The molecule has 3 aromatic rings. The van der Waals surface area contributed by atoms with Gasteiger partial charge in [-0.3, -0.25) is 4.79 Å². The topological polar surface area (TPSA) is 110 Å². The monoisotopic (exact) mass is 463 g/mol. The maximum Gasteiger partial charge on any atom is 0.333 e. The lowest BCUT2D eigenvalue weighted by atomic mass is 10.00. The summed E-state index contributed by atoms with van der Waals surface area (Å²) < 4.78 is 53.3. The first-order valence-corrected chi connectivity index (χ1v) is 10.9. The van der Waals surface area contributed by atoms with Crippen molar-refractivity contribution < 1.29 is 27.1 Å². The molecule has 3 heterocycles. The van der Waals surface area contributed by atoms with E-state index in [2.05, 4.69) is 23.4 Å². The molecule has 12 heteroatoms. The SMILES string of the molecule is C=CC(=C)[C@@H](CO)C(=O)N1Cc2cn(S(=O)(=O)c3ccc4c(cnn4C(F)F)c3)nc2C1. The van der Waals surface area contributed by atoms with Gasteiger partial charge in [-0.1, -0.05) is 19.2 Å². The van der Waals surface area contributed by atoms with Gasteiger partial charge in [0.25, 0.3) is 10.0 Å². The average molecular weight is 463 g/mol. The molecule has 32 heavy (non-hydrogen) atoms. The number of hydrogen-bond donors (Lipinski definition) is 1. The van der Waals surface area contributed by atoms with Crippen LogP contribution < -0.4 is 0 Å². The number of fused-ring (bicyclic) bond motifs is 2. The predicted octanol–water partition coefficient (Wildman–Crippen LogP) is 2.06. The summed E-state index contributed by atoms with van der Waals surface area (Å²) in [5, 5.41) is 17.5. The predicted molar refractivity (Wildman–Crippen MR) is 110 cm³/mol. The number of aliphatic hydroxyl groups is 1. The van der Waals surface area contributed by atoms with Crippen molar-refractivity contribution in [2.45, 2.75) is 24.5 Å². The van der Waals surface area contributed by atoms with Crippen molar-refractivity contribution in [1.29, 1.82) is 0 Å². The fraction of sp³-hybridized carbons (Fsp3) is 0.250. The molecule has 1 atom stereocenters. The van der Waals surface area contributed by atoms with Crippen LogP contribution in [0.5, 0.6) is 0 Å². The zero-order chi connectivity index (χ0) is 23.2. The summed E-state index contributed by atoms with van der Waals surface area (Å²) >= 11 is 0. The number of carbonyl (C=O) groups excluding carboxylic acids is 1. The van der Waals surface area contributed by atoms with Gasteiger partial charge in [-0.05, 0) is 23.8 Å². The minimum atomic E-state index is -4.09. The molecular weight excluding hydrogens is 444 g/mol. The zero-order valence-corrected chi connectivity index (χ0v) is 17.5. The van der Waals surface area contributed by atoms with Crippen LogP contribution in [-0.4, -0.2) is 49.9 Å². The van der Waals surface area contributed by atoms with E-state index in [-0.39, 0.29) is 34.8 Å². The number of aromatic nitrogens is 4. The summed E-state index contributed by atoms with van der Waals surface area (Å²) in [5.74, 6) is -1.18. The lowest BCUT2D eigenvalue weighted by Crippen LogP contribution is -2.34. The number of allylic oxidation sites excluding steroid dienone is 1. The van der Waals surface area contributed by atoms with Gasteiger partial charge in [-0.25, -0.2) is 4.68 Å². The second-order valence-electron chi connectivity index (χ2n) is 7.27. The third-order valence-electron chi connectivity index (χ3n) is 5.36. The first kappa shape index (κ1) is 21.8. The van der Waals surface area contributed by atoms with E-state index in [1.54, 1.807) is 0 Å². The second kappa shape index (κ2) is 7.95. The number of aliphatic hydroxyl groups excluding tert-OH is 1. The van der Waals surface area contributed by atoms with Crippen molar-refractivity contribution in [3.8, 4) is 0 Å². The first-order valence-electron chi connectivity index (χ1n) is 9.46. The Kier molecular flexibility index (Phi) is 5.42. The molecule has 0 bridgehead atoms. The molecule has 1 amide bonds. The Morgan fingerprint density at radius 2 is 2.06 bits per heavy atom.